The summed E-state index contributed by atoms with van der Waals surface area (Å²) < 4.78 is 5.43. The first-order valence-corrected chi connectivity index (χ1v) is 6.89. The van der Waals surface area contributed by atoms with Gasteiger partial charge < -0.3 is 10.1 Å². The molecule has 1 saturated heterocycles. The molecule has 0 radical (unpaired) electrons. The number of allylic oxidation sites excluding steroid dienone is 1. The summed E-state index contributed by atoms with van der Waals surface area (Å²) in [5, 5.41) is 2.88. The summed E-state index contributed by atoms with van der Waals surface area (Å²) in [6.45, 7) is 3.70. The molecule has 0 aromatic carbocycles. The minimum Gasteiger partial charge on any atom is -0.376 e. The SMILES string of the molecule is CCCCCC/C=C\C(=O)NCC1CCCO1. The zero-order valence-corrected chi connectivity index (χ0v) is 10.9. The number of amides is 1. The van der Waals surface area contributed by atoms with Crippen LogP contribution in [0, 0.1) is 0 Å². The van der Waals surface area contributed by atoms with Crippen LogP contribution < -0.4 is 5.32 Å². The Hall–Kier alpha value is -0.830. The summed E-state index contributed by atoms with van der Waals surface area (Å²) in [6.07, 6.45) is 12.0. The number of ether oxygens (including phenoxy) is 1. The van der Waals surface area contributed by atoms with Gasteiger partial charge in [-0.3, -0.25) is 4.79 Å². The molecule has 1 atom stereocenters. The molecule has 0 aromatic rings. The number of rotatable bonds is 8. The van der Waals surface area contributed by atoms with Gasteiger partial charge in [0.1, 0.15) is 0 Å². The first-order chi connectivity index (χ1) is 8.33. The van der Waals surface area contributed by atoms with Crippen LogP contribution in [0.25, 0.3) is 0 Å². The predicted molar refractivity (Wildman–Crippen MR) is 69.9 cm³/mol. The molecule has 1 heterocycles. The van der Waals surface area contributed by atoms with E-state index in [1.165, 1.54) is 25.7 Å². The second-order valence-electron chi connectivity index (χ2n) is 4.63. The van der Waals surface area contributed by atoms with Crippen LogP contribution in [0.4, 0.5) is 0 Å². The fourth-order valence-corrected chi connectivity index (χ4v) is 1.96. The Morgan fingerprint density at radius 1 is 1.41 bits per heavy atom. The molecule has 1 aliphatic heterocycles. The first kappa shape index (κ1) is 14.2. The summed E-state index contributed by atoms with van der Waals surface area (Å²) in [7, 11) is 0. The highest BCUT2D eigenvalue weighted by molar-refractivity contribution is 5.87. The molecular weight excluding hydrogens is 214 g/mol. The average molecular weight is 239 g/mol. The van der Waals surface area contributed by atoms with Crippen molar-refractivity contribution >= 4 is 5.91 Å². The molecule has 0 bridgehead atoms. The highest BCUT2D eigenvalue weighted by atomic mass is 16.5. The van der Waals surface area contributed by atoms with E-state index >= 15 is 0 Å². The summed E-state index contributed by atoms with van der Waals surface area (Å²) in [6, 6.07) is 0. The lowest BCUT2D eigenvalue weighted by atomic mass is 10.1. The van der Waals surface area contributed by atoms with Gasteiger partial charge in [0.05, 0.1) is 6.10 Å². The molecule has 3 heteroatoms. The quantitative estimate of drug-likeness (QED) is 0.522. The second-order valence-corrected chi connectivity index (χ2v) is 4.63. The molecule has 98 valence electrons. The van der Waals surface area contributed by atoms with E-state index in [0.29, 0.717) is 6.54 Å². The van der Waals surface area contributed by atoms with Crippen LogP contribution in [0.15, 0.2) is 12.2 Å². The van der Waals surface area contributed by atoms with E-state index in [2.05, 4.69) is 12.2 Å². The predicted octanol–water partition coefficient (Wildman–Crippen LogP) is 2.81. The lowest BCUT2D eigenvalue weighted by Crippen LogP contribution is -2.30. The average Bonchev–Trinajstić information content (AvgIpc) is 2.84. The van der Waals surface area contributed by atoms with E-state index in [4.69, 9.17) is 4.74 Å². The van der Waals surface area contributed by atoms with Gasteiger partial charge in [0.2, 0.25) is 5.91 Å². The van der Waals surface area contributed by atoms with Gasteiger partial charge in [-0.2, -0.15) is 0 Å². The highest BCUT2D eigenvalue weighted by Gasteiger charge is 2.15. The van der Waals surface area contributed by atoms with Gasteiger partial charge in [0.15, 0.2) is 0 Å². The lowest BCUT2D eigenvalue weighted by Gasteiger charge is -2.08. The molecule has 1 rings (SSSR count). The van der Waals surface area contributed by atoms with Crippen LogP contribution >= 0.6 is 0 Å². The minimum absolute atomic E-state index is 0.0102. The van der Waals surface area contributed by atoms with Crippen molar-refractivity contribution in [1.82, 2.24) is 5.32 Å². The molecule has 3 nitrogen and oxygen atoms in total. The second kappa shape index (κ2) is 9.23. The van der Waals surface area contributed by atoms with Crippen LogP contribution in [-0.4, -0.2) is 25.2 Å². The monoisotopic (exact) mass is 239 g/mol. The van der Waals surface area contributed by atoms with E-state index in [1.54, 1.807) is 6.08 Å². The molecule has 0 aliphatic carbocycles. The zero-order chi connectivity index (χ0) is 12.3. The smallest absolute Gasteiger partial charge is 0.243 e. The van der Waals surface area contributed by atoms with Crippen molar-refractivity contribution in [2.45, 2.75) is 58.0 Å². The van der Waals surface area contributed by atoms with Crippen LogP contribution in [0.2, 0.25) is 0 Å². The number of carbonyl (C=O) groups is 1. The molecule has 0 saturated carbocycles. The molecule has 1 amide bonds. The Bertz CT molecular complexity index is 232. The Morgan fingerprint density at radius 3 is 3.00 bits per heavy atom. The molecule has 1 unspecified atom stereocenters. The Kier molecular flexibility index (Phi) is 7.72. The molecule has 0 aromatic heterocycles. The van der Waals surface area contributed by atoms with Crippen molar-refractivity contribution in [3.63, 3.8) is 0 Å². The van der Waals surface area contributed by atoms with Gasteiger partial charge >= 0.3 is 0 Å². The van der Waals surface area contributed by atoms with Gasteiger partial charge in [-0.15, -0.1) is 0 Å². The number of hydrogen-bond donors (Lipinski definition) is 1. The van der Waals surface area contributed by atoms with E-state index in [9.17, 15) is 4.79 Å². The standard InChI is InChI=1S/C14H25NO2/c1-2-3-4-5-6-7-10-14(16)15-12-13-9-8-11-17-13/h7,10,13H,2-6,8-9,11-12H2,1H3,(H,15,16)/b10-7-. The Morgan fingerprint density at radius 2 is 2.29 bits per heavy atom. The summed E-state index contributed by atoms with van der Waals surface area (Å²) >= 11 is 0. The number of hydrogen-bond acceptors (Lipinski definition) is 2. The van der Waals surface area contributed by atoms with Crippen molar-refractivity contribution in [3.8, 4) is 0 Å². The van der Waals surface area contributed by atoms with Crippen LogP contribution in [0.1, 0.15) is 51.9 Å². The maximum atomic E-state index is 11.4. The number of unbranched alkanes of at least 4 members (excludes halogenated alkanes) is 4. The van der Waals surface area contributed by atoms with Gasteiger partial charge in [-0.1, -0.05) is 32.3 Å². The van der Waals surface area contributed by atoms with E-state index < -0.39 is 0 Å². The zero-order valence-electron chi connectivity index (χ0n) is 10.9. The van der Waals surface area contributed by atoms with Crippen molar-refractivity contribution in [2.24, 2.45) is 0 Å². The molecule has 17 heavy (non-hydrogen) atoms. The largest absolute Gasteiger partial charge is 0.376 e. The molecule has 0 spiro atoms. The lowest BCUT2D eigenvalue weighted by molar-refractivity contribution is -0.117. The third-order valence-electron chi connectivity index (χ3n) is 3.02. The van der Waals surface area contributed by atoms with Crippen molar-refractivity contribution in [3.05, 3.63) is 12.2 Å². The topological polar surface area (TPSA) is 38.3 Å². The van der Waals surface area contributed by atoms with E-state index in [1.807, 2.05) is 6.08 Å². The van der Waals surface area contributed by atoms with Gasteiger partial charge in [-0.05, 0) is 31.8 Å². The van der Waals surface area contributed by atoms with Gasteiger partial charge in [-0.25, -0.2) is 0 Å². The van der Waals surface area contributed by atoms with E-state index in [-0.39, 0.29) is 12.0 Å². The van der Waals surface area contributed by atoms with Crippen molar-refractivity contribution < 1.29 is 9.53 Å². The van der Waals surface area contributed by atoms with Crippen LogP contribution in [-0.2, 0) is 9.53 Å². The maximum absolute atomic E-state index is 11.4. The fourth-order valence-electron chi connectivity index (χ4n) is 1.96. The molecular formula is C14H25NO2. The summed E-state index contributed by atoms with van der Waals surface area (Å²) in [5.74, 6) is 0.0102. The van der Waals surface area contributed by atoms with Crippen molar-refractivity contribution in [1.29, 1.82) is 0 Å². The van der Waals surface area contributed by atoms with Crippen LogP contribution in [0.5, 0.6) is 0 Å². The van der Waals surface area contributed by atoms with Gasteiger partial charge in [0, 0.05) is 13.2 Å². The third-order valence-corrected chi connectivity index (χ3v) is 3.02. The number of carbonyl (C=O) groups excluding carboxylic acids is 1. The maximum Gasteiger partial charge on any atom is 0.243 e. The molecule has 1 fully saturated rings. The minimum atomic E-state index is 0.0102. The normalized spacial score (nSPS) is 19.9. The fraction of sp³-hybridized carbons (Fsp3) is 0.786. The Balaban J connectivity index is 1.97. The number of nitrogens with one attached hydrogen (secondary N) is 1. The van der Waals surface area contributed by atoms with Crippen LogP contribution in [0.3, 0.4) is 0 Å². The van der Waals surface area contributed by atoms with Crippen molar-refractivity contribution in [2.75, 3.05) is 13.2 Å². The Labute approximate surface area is 105 Å². The van der Waals surface area contributed by atoms with E-state index in [0.717, 1.165) is 25.9 Å². The van der Waals surface area contributed by atoms with Gasteiger partial charge in [0.25, 0.3) is 0 Å². The summed E-state index contributed by atoms with van der Waals surface area (Å²) in [5.41, 5.74) is 0. The molecule has 1 aliphatic rings. The molecule has 1 N–H and O–H groups in total. The highest BCUT2D eigenvalue weighted by Crippen LogP contribution is 2.10. The first-order valence-electron chi connectivity index (χ1n) is 6.89. The summed E-state index contributed by atoms with van der Waals surface area (Å²) in [4.78, 5) is 11.4. The third kappa shape index (κ3) is 7.16.